The number of benzene rings is 2. The van der Waals surface area contributed by atoms with Gasteiger partial charge in [-0.2, -0.15) is 0 Å². The first kappa shape index (κ1) is 13.8. The molecular weight excluding hydrogens is 274 g/mol. The van der Waals surface area contributed by atoms with Crippen LogP contribution in [0.2, 0.25) is 0 Å². The summed E-state index contributed by atoms with van der Waals surface area (Å²) in [6.07, 6.45) is 3.44. The summed E-state index contributed by atoms with van der Waals surface area (Å²) in [5.74, 6) is -0.446. The maximum Gasteiger partial charge on any atom is 0.250 e. The topological polar surface area (TPSA) is 71.8 Å². The van der Waals surface area contributed by atoms with Gasteiger partial charge in [0.2, 0.25) is 5.91 Å². The number of nitrogens with zero attached hydrogens (tertiary/aromatic N) is 1. The zero-order valence-corrected chi connectivity index (χ0v) is 11.9. The number of rotatable bonds is 1. The molecule has 4 nitrogen and oxygen atoms in total. The lowest BCUT2D eigenvalue weighted by atomic mass is 10.1. The van der Waals surface area contributed by atoms with E-state index in [9.17, 15) is 4.79 Å². The molecule has 0 aliphatic carbocycles. The number of hydrogen-bond acceptors (Lipinski definition) is 2. The molecule has 1 amide bonds. The molecule has 0 saturated heterocycles. The van der Waals surface area contributed by atoms with Gasteiger partial charge in [0.05, 0.1) is 11.1 Å². The smallest absolute Gasteiger partial charge is 0.250 e. The molecule has 108 valence electrons. The van der Waals surface area contributed by atoms with E-state index in [-0.39, 0.29) is 0 Å². The first-order valence-electron chi connectivity index (χ1n) is 6.91. The number of nitrogens with one attached hydrogen (secondary N) is 1. The van der Waals surface area contributed by atoms with Crippen LogP contribution in [0.5, 0.6) is 0 Å². The van der Waals surface area contributed by atoms with Crippen molar-refractivity contribution in [2.24, 2.45) is 5.73 Å². The fourth-order valence-corrected chi connectivity index (χ4v) is 2.20. The van der Waals surface area contributed by atoms with E-state index in [0.29, 0.717) is 5.56 Å². The average molecular weight is 289 g/mol. The zero-order valence-electron chi connectivity index (χ0n) is 11.9. The molecule has 2 heterocycles. The van der Waals surface area contributed by atoms with Gasteiger partial charge in [-0.1, -0.05) is 36.4 Å². The molecule has 22 heavy (non-hydrogen) atoms. The largest absolute Gasteiger partial charge is 0.366 e. The summed E-state index contributed by atoms with van der Waals surface area (Å²) in [6, 6.07) is 19.6. The van der Waals surface area contributed by atoms with Crippen LogP contribution in [0, 0.1) is 0 Å². The summed E-state index contributed by atoms with van der Waals surface area (Å²) >= 11 is 0. The van der Waals surface area contributed by atoms with Crippen molar-refractivity contribution in [2.45, 2.75) is 0 Å². The number of carbonyl (C=O) groups excluding carboxylic acids is 1. The summed E-state index contributed by atoms with van der Waals surface area (Å²) in [5, 5.41) is 2.20. The lowest BCUT2D eigenvalue weighted by Crippen LogP contribution is -2.10. The second kappa shape index (κ2) is 6.10. The predicted molar refractivity (Wildman–Crippen MR) is 88.6 cm³/mol. The van der Waals surface area contributed by atoms with Gasteiger partial charge in [0, 0.05) is 23.3 Å². The van der Waals surface area contributed by atoms with Gasteiger partial charge >= 0.3 is 0 Å². The first-order chi connectivity index (χ1) is 10.7. The van der Waals surface area contributed by atoms with Crippen molar-refractivity contribution >= 4 is 27.7 Å². The number of primary amides is 1. The summed E-state index contributed by atoms with van der Waals surface area (Å²) in [4.78, 5) is 18.0. The molecule has 0 atom stereocenters. The highest BCUT2D eigenvalue weighted by atomic mass is 16.1. The lowest BCUT2D eigenvalue weighted by molar-refractivity contribution is 0.1000. The fraction of sp³-hybridized carbons (Fsp3) is 0. The molecule has 0 aliphatic heterocycles. The normalized spacial score (nSPS) is 10.2. The third kappa shape index (κ3) is 2.96. The van der Waals surface area contributed by atoms with Crippen LogP contribution in [0.4, 0.5) is 0 Å². The maximum atomic E-state index is 10.8. The van der Waals surface area contributed by atoms with Gasteiger partial charge in [0.15, 0.2) is 0 Å². The number of nitrogens with two attached hydrogens (primary N) is 1. The van der Waals surface area contributed by atoms with E-state index in [4.69, 9.17) is 5.73 Å². The van der Waals surface area contributed by atoms with Gasteiger partial charge in [-0.3, -0.25) is 9.78 Å². The highest BCUT2D eigenvalue weighted by Crippen LogP contribution is 2.12. The van der Waals surface area contributed by atoms with E-state index in [0.717, 1.165) is 10.9 Å². The van der Waals surface area contributed by atoms with Crippen LogP contribution in [0.25, 0.3) is 21.8 Å². The van der Waals surface area contributed by atoms with Crippen LogP contribution < -0.4 is 5.73 Å². The van der Waals surface area contributed by atoms with Crippen molar-refractivity contribution in [1.82, 2.24) is 9.97 Å². The Kier molecular flexibility index (Phi) is 3.83. The molecule has 0 saturated carbocycles. The summed E-state index contributed by atoms with van der Waals surface area (Å²) in [7, 11) is 0. The molecule has 3 N–H and O–H groups in total. The van der Waals surface area contributed by atoms with Crippen molar-refractivity contribution < 1.29 is 4.79 Å². The van der Waals surface area contributed by atoms with Gasteiger partial charge < -0.3 is 10.7 Å². The molecule has 0 radical (unpaired) electrons. The van der Waals surface area contributed by atoms with Gasteiger partial charge in [-0.15, -0.1) is 0 Å². The predicted octanol–water partition coefficient (Wildman–Crippen LogP) is 3.50. The number of pyridine rings is 1. The van der Waals surface area contributed by atoms with E-state index < -0.39 is 5.91 Å². The van der Waals surface area contributed by atoms with Crippen LogP contribution in [0.15, 0.2) is 73.1 Å². The Labute approximate surface area is 127 Å². The highest BCUT2D eigenvalue weighted by Gasteiger charge is 2.01. The summed E-state index contributed by atoms with van der Waals surface area (Å²) in [5.41, 5.74) is 7.64. The number of para-hydroxylation sites is 2. The van der Waals surface area contributed by atoms with Crippen molar-refractivity contribution in [1.29, 1.82) is 0 Å². The van der Waals surface area contributed by atoms with E-state index in [1.165, 1.54) is 17.1 Å². The second-order valence-corrected chi connectivity index (χ2v) is 4.85. The van der Waals surface area contributed by atoms with Crippen molar-refractivity contribution in [3.8, 4) is 0 Å². The average Bonchev–Trinajstić information content (AvgIpc) is 3.03. The Balaban J connectivity index is 0.000000139. The number of amides is 1. The maximum absolute atomic E-state index is 10.8. The van der Waals surface area contributed by atoms with Gasteiger partial charge in [-0.25, -0.2) is 0 Å². The monoisotopic (exact) mass is 289 g/mol. The summed E-state index contributed by atoms with van der Waals surface area (Å²) < 4.78 is 0. The minimum Gasteiger partial charge on any atom is -0.366 e. The van der Waals surface area contributed by atoms with Crippen molar-refractivity contribution in [3.63, 3.8) is 0 Å². The molecule has 0 spiro atoms. The van der Waals surface area contributed by atoms with Crippen molar-refractivity contribution in [2.75, 3.05) is 0 Å². The zero-order chi connectivity index (χ0) is 15.4. The highest BCUT2D eigenvalue weighted by molar-refractivity contribution is 5.96. The Morgan fingerprint density at radius 3 is 2.45 bits per heavy atom. The minimum absolute atomic E-state index is 0.443. The fourth-order valence-electron chi connectivity index (χ4n) is 2.20. The van der Waals surface area contributed by atoms with Gasteiger partial charge in [0.25, 0.3) is 0 Å². The molecule has 4 rings (SSSR count). The number of H-pyrrole nitrogens is 1. The third-order valence-electron chi connectivity index (χ3n) is 3.34. The molecule has 0 unspecified atom stereocenters. The number of carbonyl (C=O) groups is 1. The van der Waals surface area contributed by atoms with E-state index >= 15 is 0 Å². The Hall–Kier alpha value is -3.14. The van der Waals surface area contributed by atoms with Crippen LogP contribution in [-0.2, 0) is 0 Å². The molecule has 0 aliphatic rings. The van der Waals surface area contributed by atoms with Crippen LogP contribution >= 0.6 is 0 Å². The second-order valence-electron chi connectivity index (χ2n) is 4.85. The van der Waals surface area contributed by atoms with E-state index in [1.807, 2.05) is 42.6 Å². The number of fused-ring (bicyclic) bond motifs is 2. The molecule has 0 bridgehead atoms. The Morgan fingerprint density at radius 2 is 1.68 bits per heavy atom. The molecule has 4 heteroatoms. The molecular formula is C18H15N3O. The van der Waals surface area contributed by atoms with Crippen molar-refractivity contribution in [3.05, 3.63) is 78.6 Å². The van der Waals surface area contributed by atoms with Crippen LogP contribution in [0.3, 0.4) is 0 Å². The van der Waals surface area contributed by atoms with Crippen LogP contribution in [-0.4, -0.2) is 15.9 Å². The molecule has 2 aromatic carbocycles. The molecule has 2 aromatic heterocycles. The third-order valence-corrected chi connectivity index (χ3v) is 3.34. The Morgan fingerprint density at radius 1 is 0.955 bits per heavy atom. The Bertz CT molecular complexity index is 897. The standard InChI is InChI=1S/C10H8N2O.C8H7N/c11-10(13)8-5-7-3-1-2-4-9(7)12-6-8;1-2-4-8-7(3-1)5-6-9-8/h1-6H,(H2,11,13);1-6,9H. The van der Waals surface area contributed by atoms with E-state index in [2.05, 4.69) is 28.2 Å². The van der Waals surface area contributed by atoms with Gasteiger partial charge in [-0.05, 0) is 29.7 Å². The SMILES string of the molecule is NC(=O)c1cnc2ccccc2c1.c1ccc2[nH]ccc2c1. The quantitative estimate of drug-likeness (QED) is 0.563. The summed E-state index contributed by atoms with van der Waals surface area (Å²) in [6.45, 7) is 0. The minimum atomic E-state index is -0.446. The number of aromatic amines is 1. The van der Waals surface area contributed by atoms with Gasteiger partial charge in [0.1, 0.15) is 0 Å². The lowest BCUT2D eigenvalue weighted by Gasteiger charge is -1.97. The molecule has 4 aromatic rings. The molecule has 0 fully saturated rings. The van der Waals surface area contributed by atoms with E-state index in [1.54, 1.807) is 6.07 Å². The number of aromatic nitrogens is 2. The number of hydrogen-bond donors (Lipinski definition) is 2. The van der Waals surface area contributed by atoms with Crippen LogP contribution in [0.1, 0.15) is 10.4 Å². The first-order valence-corrected chi connectivity index (χ1v) is 6.91.